The highest BCUT2D eigenvalue weighted by molar-refractivity contribution is 6.82. The van der Waals surface area contributed by atoms with Crippen LogP contribution in [0.1, 0.15) is 47.2 Å². The second kappa shape index (κ2) is 8.40. The molecule has 1 aromatic heterocycles. The zero-order chi connectivity index (χ0) is 18.8. The van der Waals surface area contributed by atoms with Crippen LogP contribution in [-0.2, 0) is 11.3 Å². The van der Waals surface area contributed by atoms with Gasteiger partial charge in [0.25, 0.3) is 0 Å². The molecule has 0 amide bonds. The van der Waals surface area contributed by atoms with Crippen molar-refractivity contribution in [1.29, 1.82) is 0 Å². The zero-order valence-electron chi connectivity index (χ0n) is 16.7. The van der Waals surface area contributed by atoms with Crippen molar-refractivity contribution in [3.8, 4) is 0 Å². The maximum Gasteiger partial charge on any atom is 0.489 e. The van der Waals surface area contributed by atoms with E-state index in [2.05, 4.69) is 50.7 Å². The molecule has 2 heterocycles. The Labute approximate surface area is 154 Å². The van der Waals surface area contributed by atoms with E-state index in [0.717, 1.165) is 32.8 Å². The van der Waals surface area contributed by atoms with Crippen LogP contribution in [0.2, 0.25) is 16.6 Å². The Kier molecular flexibility index (Phi) is 6.95. The van der Waals surface area contributed by atoms with Crippen molar-refractivity contribution < 1.29 is 14.8 Å². The minimum absolute atomic E-state index is 0.562. The van der Waals surface area contributed by atoms with E-state index in [1.165, 1.54) is 5.69 Å². The first-order chi connectivity index (χ1) is 11.7. The standard InChI is InChI=1S/C18H35BN2O3Si/c1-14(2)25(15(3)4,16(5)6)21-12-17(19(22)23)11-18(21)13-20-7-9-24-10-8-20/h11-12,14-16,22-23H,7-10,13H2,1-6H3. The van der Waals surface area contributed by atoms with Crippen molar-refractivity contribution >= 4 is 20.8 Å². The molecule has 0 unspecified atom stereocenters. The van der Waals surface area contributed by atoms with Crippen molar-refractivity contribution in [2.75, 3.05) is 26.3 Å². The minimum atomic E-state index is -1.92. The number of nitrogens with zero attached hydrogens (tertiary/aromatic N) is 2. The molecule has 2 N–H and O–H groups in total. The fraction of sp³-hybridized carbons (Fsp3) is 0.778. The first kappa shape index (κ1) is 20.7. The summed E-state index contributed by atoms with van der Waals surface area (Å²) in [5.74, 6) is 0. The average molecular weight is 366 g/mol. The SMILES string of the molecule is CC(C)[Si](C(C)C)(C(C)C)n1cc(B(O)O)cc1CN1CCOCC1. The largest absolute Gasteiger partial charge is 0.489 e. The smallest absolute Gasteiger partial charge is 0.423 e. The fourth-order valence-corrected chi connectivity index (χ4v) is 11.7. The summed E-state index contributed by atoms with van der Waals surface area (Å²) in [6.45, 7) is 18.3. The van der Waals surface area contributed by atoms with Crippen LogP contribution in [0.3, 0.4) is 0 Å². The van der Waals surface area contributed by atoms with E-state index in [1.54, 1.807) is 0 Å². The zero-order valence-corrected chi connectivity index (χ0v) is 17.7. The Morgan fingerprint density at radius 2 is 1.56 bits per heavy atom. The molecule has 5 nitrogen and oxygen atoms in total. The summed E-state index contributed by atoms with van der Waals surface area (Å²) in [4.78, 5) is 2.41. The summed E-state index contributed by atoms with van der Waals surface area (Å²) in [6.07, 6.45) is 2.02. The van der Waals surface area contributed by atoms with E-state index in [4.69, 9.17) is 4.74 Å². The molecular formula is C18H35BN2O3Si. The molecule has 1 aliphatic heterocycles. The summed E-state index contributed by atoms with van der Waals surface area (Å²) >= 11 is 0. The molecule has 0 aliphatic carbocycles. The van der Waals surface area contributed by atoms with Gasteiger partial charge >= 0.3 is 7.12 Å². The minimum Gasteiger partial charge on any atom is -0.423 e. The van der Waals surface area contributed by atoms with Crippen LogP contribution >= 0.6 is 0 Å². The van der Waals surface area contributed by atoms with Crippen LogP contribution in [0.15, 0.2) is 12.3 Å². The quantitative estimate of drug-likeness (QED) is 0.725. The Hall–Kier alpha value is -0.598. The van der Waals surface area contributed by atoms with Crippen molar-refractivity contribution in [3.05, 3.63) is 18.0 Å². The topological polar surface area (TPSA) is 57.9 Å². The lowest BCUT2D eigenvalue weighted by atomic mass is 9.82. The number of morpholine rings is 1. The fourth-order valence-electron chi connectivity index (χ4n) is 4.98. The maximum absolute atomic E-state index is 9.77. The molecule has 1 fully saturated rings. The van der Waals surface area contributed by atoms with Crippen LogP contribution in [-0.4, -0.2) is 60.8 Å². The summed E-state index contributed by atoms with van der Waals surface area (Å²) in [7, 11) is -3.34. The van der Waals surface area contributed by atoms with Crippen LogP contribution < -0.4 is 5.46 Å². The van der Waals surface area contributed by atoms with Crippen molar-refractivity contribution in [3.63, 3.8) is 0 Å². The summed E-state index contributed by atoms with van der Waals surface area (Å²) in [5.41, 5.74) is 3.51. The number of rotatable bonds is 7. The molecule has 7 heteroatoms. The third-order valence-electron chi connectivity index (χ3n) is 5.90. The van der Waals surface area contributed by atoms with E-state index in [-0.39, 0.29) is 0 Å². The van der Waals surface area contributed by atoms with Gasteiger partial charge in [-0.1, -0.05) is 41.5 Å². The monoisotopic (exact) mass is 366 g/mol. The molecule has 0 atom stereocenters. The lowest BCUT2D eigenvalue weighted by molar-refractivity contribution is 0.0335. The van der Waals surface area contributed by atoms with Crippen LogP contribution in [0.25, 0.3) is 0 Å². The van der Waals surface area contributed by atoms with E-state index in [9.17, 15) is 10.0 Å². The van der Waals surface area contributed by atoms with Gasteiger partial charge in [-0.15, -0.1) is 0 Å². The third kappa shape index (κ3) is 4.06. The van der Waals surface area contributed by atoms with E-state index in [1.807, 2.05) is 12.3 Å². The van der Waals surface area contributed by atoms with Crippen molar-refractivity contribution in [2.24, 2.45) is 0 Å². The molecule has 0 aromatic carbocycles. The predicted molar refractivity (Wildman–Crippen MR) is 107 cm³/mol. The summed E-state index contributed by atoms with van der Waals surface area (Å²) in [5, 5.41) is 19.5. The lowest BCUT2D eigenvalue weighted by Crippen LogP contribution is -2.53. The number of hydrogen-bond donors (Lipinski definition) is 2. The van der Waals surface area contributed by atoms with Gasteiger partial charge in [0.2, 0.25) is 0 Å². The van der Waals surface area contributed by atoms with Crippen LogP contribution in [0.4, 0.5) is 0 Å². The molecule has 142 valence electrons. The lowest BCUT2D eigenvalue weighted by Gasteiger charge is -2.45. The average Bonchev–Trinajstić information content (AvgIpc) is 2.92. The molecule has 1 aromatic rings. The molecule has 2 rings (SSSR count). The van der Waals surface area contributed by atoms with Gasteiger partial charge in [0.05, 0.1) is 13.2 Å². The van der Waals surface area contributed by atoms with Crippen LogP contribution in [0, 0.1) is 0 Å². The molecular weight excluding hydrogens is 331 g/mol. The summed E-state index contributed by atoms with van der Waals surface area (Å²) in [6, 6.07) is 2.00. The van der Waals surface area contributed by atoms with Gasteiger partial charge in [0.15, 0.2) is 8.24 Å². The predicted octanol–water partition coefficient (Wildman–Crippen LogP) is 2.02. The number of hydrogen-bond acceptors (Lipinski definition) is 4. The second-order valence-electron chi connectivity index (χ2n) is 8.25. The Balaban J connectivity index is 2.51. The molecule has 1 saturated heterocycles. The van der Waals surface area contributed by atoms with Crippen LogP contribution in [0.5, 0.6) is 0 Å². The number of aromatic nitrogens is 1. The summed E-state index contributed by atoms with van der Waals surface area (Å²) < 4.78 is 7.96. The van der Waals surface area contributed by atoms with Gasteiger partial charge in [-0.2, -0.15) is 0 Å². The highest BCUT2D eigenvalue weighted by atomic mass is 28.3. The van der Waals surface area contributed by atoms with E-state index in [0.29, 0.717) is 22.1 Å². The Morgan fingerprint density at radius 1 is 1.04 bits per heavy atom. The van der Waals surface area contributed by atoms with Gasteiger partial charge in [0, 0.05) is 25.3 Å². The second-order valence-corrected chi connectivity index (χ2v) is 14.0. The maximum atomic E-state index is 9.77. The molecule has 1 aliphatic rings. The molecule has 25 heavy (non-hydrogen) atoms. The highest BCUT2D eigenvalue weighted by Crippen LogP contribution is 2.43. The molecule has 0 bridgehead atoms. The first-order valence-corrected chi connectivity index (χ1v) is 11.8. The Morgan fingerprint density at radius 3 is 2.00 bits per heavy atom. The third-order valence-corrected chi connectivity index (χ3v) is 12.7. The normalized spacial score (nSPS) is 17.1. The number of ether oxygens (including phenoxy) is 1. The molecule has 0 saturated carbocycles. The van der Waals surface area contributed by atoms with Gasteiger partial charge in [-0.3, -0.25) is 4.90 Å². The van der Waals surface area contributed by atoms with Gasteiger partial charge < -0.3 is 19.0 Å². The molecule has 0 spiro atoms. The van der Waals surface area contributed by atoms with Gasteiger partial charge in [-0.25, -0.2) is 0 Å². The van der Waals surface area contributed by atoms with E-state index >= 15 is 0 Å². The van der Waals surface area contributed by atoms with E-state index < -0.39 is 15.4 Å². The highest BCUT2D eigenvalue weighted by Gasteiger charge is 2.46. The van der Waals surface area contributed by atoms with Crippen molar-refractivity contribution in [1.82, 2.24) is 9.13 Å². The van der Waals surface area contributed by atoms with Gasteiger partial charge in [-0.05, 0) is 34.3 Å². The molecule has 0 radical (unpaired) electrons. The Bertz CT molecular complexity index is 533. The van der Waals surface area contributed by atoms with Gasteiger partial charge in [0.1, 0.15) is 0 Å². The first-order valence-electron chi connectivity index (χ1n) is 9.59. The van der Waals surface area contributed by atoms with Crippen molar-refractivity contribution in [2.45, 2.75) is 64.7 Å².